The Labute approximate surface area is 243 Å². The number of halogens is 1. The second-order valence-electron chi connectivity index (χ2n) is 10.6. The molecular weight excluding hydrogens is 541 g/mol. The normalized spacial score (nSPS) is 12.9. The minimum absolute atomic E-state index is 0.0107. The third kappa shape index (κ3) is 8.16. The first-order chi connectivity index (χ1) is 19.3. The molecule has 0 saturated heterocycles. The van der Waals surface area contributed by atoms with Gasteiger partial charge in [-0.1, -0.05) is 49.7 Å². The fraction of sp³-hybridized carbons (Fsp3) is 0.375. The molecule has 0 aliphatic heterocycles. The molecule has 0 radical (unpaired) electrons. The number of nitrogens with zero attached hydrogens (tertiary/aromatic N) is 2. The van der Waals surface area contributed by atoms with Crippen molar-refractivity contribution in [3.8, 4) is 0 Å². The van der Waals surface area contributed by atoms with Gasteiger partial charge in [0.1, 0.15) is 18.4 Å². The van der Waals surface area contributed by atoms with Crippen molar-refractivity contribution in [2.75, 3.05) is 10.8 Å². The van der Waals surface area contributed by atoms with Gasteiger partial charge in [-0.15, -0.1) is 0 Å². The van der Waals surface area contributed by atoms with E-state index in [0.717, 1.165) is 21.0 Å². The third-order valence-electron chi connectivity index (χ3n) is 7.04. The van der Waals surface area contributed by atoms with Crippen LogP contribution in [-0.2, 0) is 26.2 Å². The smallest absolute Gasteiger partial charge is 0.264 e. The van der Waals surface area contributed by atoms with Crippen LogP contribution in [0.5, 0.6) is 0 Å². The minimum Gasteiger partial charge on any atom is -0.352 e. The van der Waals surface area contributed by atoms with Crippen LogP contribution in [0.2, 0.25) is 0 Å². The molecular formula is C32H40FN3O4S. The Morgan fingerprint density at radius 2 is 1.44 bits per heavy atom. The van der Waals surface area contributed by atoms with Crippen molar-refractivity contribution < 1.29 is 22.4 Å². The zero-order valence-electron chi connectivity index (χ0n) is 24.6. The van der Waals surface area contributed by atoms with Gasteiger partial charge in [0.05, 0.1) is 10.6 Å². The molecule has 0 bridgehead atoms. The van der Waals surface area contributed by atoms with Gasteiger partial charge in [0.25, 0.3) is 10.0 Å². The van der Waals surface area contributed by atoms with Gasteiger partial charge in [0, 0.05) is 12.6 Å². The SMILES string of the molecule is CC[C@@H](C)NC(=O)[C@H](CC)N(Cc1ccc(F)cc1)C(=O)CN(c1cc(C)cc(C)c1)S(=O)(=O)c1ccc(C)cc1. The van der Waals surface area contributed by atoms with Crippen LogP contribution in [0.25, 0.3) is 0 Å². The maximum absolute atomic E-state index is 14.1. The highest BCUT2D eigenvalue weighted by Gasteiger charge is 2.34. The second-order valence-corrected chi connectivity index (χ2v) is 12.4. The lowest BCUT2D eigenvalue weighted by molar-refractivity contribution is -0.140. The van der Waals surface area contributed by atoms with E-state index >= 15 is 0 Å². The van der Waals surface area contributed by atoms with Gasteiger partial charge in [0.15, 0.2) is 0 Å². The van der Waals surface area contributed by atoms with Crippen LogP contribution in [0.4, 0.5) is 10.1 Å². The molecule has 7 nitrogen and oxygen atoms in total. The van der Waals surface area contributed by atoms with E-state index in [9.17, 15) is 22.4 Å². The largest absolute Gasteiger partial charge is 0.352 e. The fourth-order valence-electron chi connectivity index (χ4n) is 4.61. The lowest BCUT2D eigenvalue weighted by Crippen LogP contribution is -2.53. The van der Waals surface area contributed by atoms with Gasteiger partial charge in [0.2, 0.25) is 11.8 Å². The summed E-state index contributed by atoms with van der Waals surface area (Å²) in [5.74, 6) is -1.29. The zero-order chi connectivity index (χ0) is 30.3. The number of aryl methyl sites for hydroxylation is 3. The molecule has 0 heterocycles. The van der Waals surface area contributed by atoms with E-state index in [1.165, 1.54) is 29.2 Å². The monoisotopic (exact) mass is 581 g/mol. The molecule has 3 aromatic carbocycles. The fourth-order valence-corrected chi connectivity index (χ4v) is 6.01. The summed E-state index contributed by atoms with van der Waals surface area (Å²) in [6.45, 7) is 10.7. The summed E-state index contributed by atoms with van der Waals surface area (Å²) in [6.07, 6.45) is 1.02. The third-order valence-corrected chi connectivity index (χ3v) is 8.82. The van der Waals surface area contributed by atoms with Gasteiger partial charge in [-0.3, -0.25) is 13.9 Å². The summed E-state index contributed by atoms with van der Waals surface area (Å²) in [6, 6.07) is 16.6. The Bertz CT molecular complexity index is 1440. The van der Waals surface area contributed by atoms with Gasteiger partial charge in [-0.25, -0.2) is 12.8 Å². The van der Waals surface area contributed by atoms with Crippen molar-refractivity contribution in [1.29, 1.82) is 0 Å². The highest BCUT2D eigenvalue weighted by atomic mass is 32.2. The van der Waals surface area contributed by atoms with E-state index in [1.54, 1.807) is 43.3 Å². The zero-order valence-corrected chi connectivity index (χ0v) is 25.5. The Kier molecular flexibility index (Phi) is 10.7. The van der Waals surface area contributed by atoms with E-state index in [-0.39, 0.29) is 23.4 Å². The molecule has 9 heteroatoms. The van der Waals surface area contributed by atoms with Crippen LogP contribution in [0.1, 0.15) is 55.9 Å². The minimum atomic E-state index is -4.15. The average molecular weight is 582 g/mol. The number of hydrogen-bond donors (Lipinski definition) is 1. The number of benzene rings is 3. The number of sulfonamides is 1. The molecule has 0 fully saturated rings. The molecule has 2 atom stereocenters. The standard InChI is InChI=1S/C32H40FN3O4S/c1-7-25(6)34-32(38)30(8-2)35(20-26-11-13-27(33)14-12-26)31(37)21-36(28-18-23(4)17-24(5)19-28)41(39,40)29-15-9-22(3)10-16-29/h9-19,25,30H,7-8,20-21H2,1-6H3,(H,34,38)/t25-,30+/m1/s1. The van der Waals surface area contributed by atoms with Crippen molar-refractivity contribution in [3.05, 3.63) is 94.8 Å². The van der Waals surface area contributed by atoms with Crippen molar-refractivity contribution in [1.82, 2.24) is 10.2 Å². The molecule has 3 aromatic rings. The van der Waals surface area contributed by atoms with Crippen LogP contribution in [0.3, 0.4) is 0 Å². The summed E-state index contributed by atoms with van der Waals surface area (Å²) < 4.78 is 42.8. The average Bonchev–Trinajstić information content (AvgIpc) is 2.92. The first-order valence-corrected chi connectivity index (χ1v) is 15.3. The van der Waals surface area contributed by atoms with Crippen LogP contribution in [0, 0.1) is 26.6 Å². The first-order valence-electron chi connectivity index (χ1n) is 13.9. The lowest BCUT2D eigenvalue weighted by atomic mass is 10.1. The highest BCUT2D eigenvalue weighted by molar-refractivity contribution is 7.92. The Morgan fingerprint density at radius 3 is 1.98 bits per heavy atom. The molecule has 3 rings (SSSR count). The Hall–Kier alpha value is -3.72. The van der Waals surface area contributed by atoms with Crippen molar-refractivity contribution >= 4 is 27.5 Å². The molecule has 0 aromatic heterocycles. The molecule has 2 amide bonds. The van der Waals surface area contributed by atoms with Crippen molar-refractivity contribution in [3.63, 3.8) is 0 Å². The van der Waals surface area contributed by atoms with Crippen molar-refractivity contribution in [2.24, 2.45) is 0 Å². The van der Waals surface area contributed by atoms with Crippen LogP contribution in [-0.4, -0.2) is 43.8 Å². The van der Waals surface area contributed by atoms with Gasteiger partial charge < -0.3 is 10.2 Å². The predicted octanol–water partition coefficient (Wildman–Crippen LogP) is 5.67. The number of carbonyl (C=O) groups is 2. The molecule has 0 saturated carbocycles. The van der Waals surface area contributed by atoms with Gasteiger partial charge >= 0.3 is 0 Å². The number of nitrogens with one attached hydrogen (secondary N) is 1. The van der Waals surface area contributed by atoms with Gasteiger partial charge in [-0.2, -0.15) is 0 Å². The number of rotatable bonds is 12. The number of carbonyl (C=O) groups excluding carboxylic acids is 2. The van der Waals surface area contributed by atoms with Gasteiger partial charge in [-0.05, 0) is 93.6 Å². The molecule has 0 aliphatic rings. The topological polar surface area (TPSA) is 86.8 Å². The maximum atomic E-state index is 14.1. The Balaban J connectivity index is 2.09. The van der Waals surface area contributed by atoms with E-state index < -0.39 is 34.3 Å². The number of anilines is 1. The molecule has 1 N–H and O–H groups in total. The van der Waals surface area contributed by atoms with Crippen LogP contribution < -0.4 is 9.62 Å². The first kappa shape index (κ1) is 31.8. The number of amides is 2. The summed E-state index contributed by atoms with van der Waals surface area (Å²) in [4.78, 5) is 28.9. The van der Waals surface area contributed by atoms with E-state index in [0.29, 0.717) is 24.1 Å². The van der Waals surface area contributed by atoms with Crippen LogP contribution in [0.15, 0.2) is 71.6 Å². The quantitative estimate of drug-likeness (QED) is 0.299. The van der Waals surface area contributed by atoms with E-state index in [4.69, 9.17) is 0 Å². The molecule has 0 aliphatic carbocycles. The van der Waals surface area contributed by atoms with Crippen molar-refractivity contribution in [2.45, 2.75) is 77.9 Å². The highest BCUT2D eigenvalue weighted by Crippen LogP contribution is 2.27. The Morgan fingerprint density at radius 1 is 0.854 bits per heavy atom. The summed E-state index contributed by atoms with van der Waals surface area (Å²) in [7, 11) is -4.15. The predicted molar refractivity (Wildman–Crippen MR) is 161 cm³/mol. The maximum Gasteiger partial charge on any atom is 0.264 e. The summed E-state index contributed by atoms with van der Waals surface area (Å²) >= 11 is 0. The lowest BCUT2D eigenvalue weighted by Gasteiger charge is -2.34. The summed E-state index contributed by atoms with van der Waals surface area (Å²) in [5.41, 5.74) is 3.57. The molecule has 0 spiro atoms. The van der Waals surface area contributed by atoms with E-state index in [1.807, 2.05) is 40.7 Å². The van der Waals surface area contributed by atoms with Crippen LogP contribution >= 0.6 is 0 Å². The number of hydrogen-bond acceptors (Lipinski definition) is 4. The molecule has 41 heavy (non-hydrogen) atoms. The summed E-state index contributed by atoms with van der Waals surface area (Å²) in [5, 5.41) is 2.95. The molecule has 220 valence electrons. The van der Waals surface area contributed by atoms with E-state index in [2.05, 4.69) is 5.32 Å². The second kappa shape index (κ2) is 13.8. The molecule has 0 unspecified atom stereocenters.